The van der Waals surface area contributed by atoms with E-state index in [1.807, 2.05) is 0 Å². The highest BCUT2D eigenvalue weighted by Gasteiger charge is 2.17. The lowest BCUT2D eigenvalue weighted by molar-refractivity contribution is 0.170. The van der Waals surface area contributed by atoms with Crippen LogP contribution >= 0.6 is 0 Å². The van der Waals surface area contributed by atoms with Crippen molar-refractivity contribution in [3.05, 3.63) is 35.6 Å². The summed E-state index contributed by atoms with van der Waals surface area (Å²) in [6.07, 6.45) is 0.905. The number of methoxy groups -OCH3 is 1. The monoisotopic (exact) mass is 226 g/mol. The fraction of sp³-hybridized carbons (Fsp3) is 0.500. The summed E-state index contributed by atoms with van der Waals surface area (Å²) >= 11 is 0. The van der Waals surface area contributed by atoms with Crippen molar-refractivity contribution in [2.75, 3.05) is 13.7 Å². The lowest BCUT2D eigenvalue weighted by atomic mass is 9.93. The van der Waals surface area contributed by atoms with E-state index < -0.39 is 0 Å². The van der Waals surface area contributed by atoms with E-state index in [2.05, 4.69) is 12.3 Å². The van der Waals surface area contributed by atoms with Crippen LogP contribution in [0.25, 0.3) is 0 Å². The molecule has 3 nitrogen and oxygen atoms in total. The Bertz CT molecular complexity index is 302. The summed E-state index contributed by atoms with van der Waals surface area (Å²) < 4.78 is 17.8. The Kier molecular flexibility index (Phi) is 5.38. The molecule has 0 heterocycles. The maximum atomic E-state index is 12.8. The molecule has 0 aromatic heterocycles. The van der Waals surface area contributed by atoms with Gasteiger partial charge in [0.2, 0.25) is 0 Å². The molecule has 1 rings (SSSR count). The topological polar surface area (TPSA) is 47.3 Å². The molecular weight excluding hydrogens is 207 g/mol. The molecule has 0 saturated carbocycles. The summed E-state index contributed by atoms with van der Waals surface area (Å²) in [5.41, 5.74) is 3.76. The first kappa shape index (κ1) is 13.1. The molecule has 0 spiro atoms. The summed E-state index contributed by atoms with van der Waals surface area (Å²) in [4.78, 5) is 0. The van der Waals surface area contributed by atoms with Crippen molar-refractivity contribution in [3.8, 4) is 0 Å². The van der Waals surface area contributed by atoms with E-state index in [9.17, 15) is 4.39 Å². The zero-order valence-electron chi connectivity index (χ0n) is 9.74. The van der Waals surface area contributed by atoms with Gasteiger partial charge in [0.1, 0.15) is 5.82 Å². The predicted molar refractivity (Wildman–Crippen MR) is 62.1 cm³/mol. The van der Waals surface area contributed by atoms with E-state index in [0.717, 1.165) is 12.0 Å². The second-order valence-electron chi connectivity index (χ2n) is 3.95. The molecule has 16 heavy (non-hydrogen) atoms. The highest BCUT2D eigenvalue weighted by molar-refractivity contribution is 5.20. The highest BCUT2D eigenvalue weighted by atomic mass is 19.1. The quantitative estimate of drug-likeness (QED) is 0.576. The van der Waals surface area contributed by atoms with Gasteiger partial charge in [-0.25, -0.2) is 4.39 Å². The zero-order valence-corrected chi connectivity index (χ0v) is 9.74. The summed E-state index contributed by atoms with van der Waals surface area (Å²) in [5.74, 6) is 5.63. The van der Waals surface area contributed by atoms with Crippen molar-refractivity contribution in [2.45, 2.75) is 19.4 Å². The minimum Gasteiger partial charge on any atom is -0.385 e. The molecule has 0 radical (unpaired) electrons. The van der Waals surface area contributed by atoms with Gasteiger partial charge in [-0.3, -0.25) is 11.3 Å². The van der Waals surface area contributed by atoms with Gasteiger partial charge in [0, 0.05) is 19.8 Å². The molecule has 2 unspecified atom stereocenters. The van der Waals surface area contributed by atoms with Crippen LogP contribution in [-0.2, 0) is 4.74 Å². The van der Waals surface area contributed by atoms with Gasteiger partial charge in [-0.2, -0.15) is 0 Å². The lowest BCUT2D eigenvalue weighted by Crippen LogP contribution is -2.33. The standard InChI is InChI=1S/C12H19FN2O/c1-9(7-8-16-2)12(15-14)10-3-5-11(13)6-4-10/h3-6,9,12,15H,7-8,14H2,1-2H3. The van der Waals surface area contributed by atoms with Crippen molar-refractivity contribution in [3.63, 3.8) is 0 Å². The maximum absolute atomic E-state index is 12.8. The molecule has 90 valence electrons. The molecule has 1 aromatic rings. The molecular formula is C12H19FN2O. The van der Waals surface area contributed by atoms with Crippen LogP contribution in [0, 0.1) is 11.7 Å². The Morgan fingerprint density at radius 1 is 1.38 bits per heavy atom. The molecule has 1 aromatic carbocycles. The average molecular weight is 226 g/mol. The molecule has 3 N–H and O–H groups in total. The molecule has 2 atom stereocenters. The van der Waals surface area contributed by atoms with Crippen molar-refractivity contribution < 1.29 is 9.13 Å². The zero-order chi connectivity index (χ0) is 12.0. The molecule has 0 aliphatic carbocycles. The summed E-state index contributed by atoms with van der Waals surface area (Å²) in [7, 11) is 1.68. The molecule has 0 aliphatic rings. The minimum absolute atomic E-state index is 0.0238. The summed E-state index contributed by atoms with van der Waals surface area (Å²) in [6.45, 7) is 2.79. The van der Waals surface area contributed by atoms with Crippen LogP contribution in [-0.4, -0.2) is 13.7 Å². The number of nitrogens with one attached hydrogen (secondary N) is 1. The van der Waals surface area contributed by atoms with E-state index in [-0.39, 0.29) is 11.9 Å². The third kappa shape index (κ3) is 3.56. The Hall–Kier alpha value is -0.970. The summed E-state index contributed by atoms with van der Waals surface area (Å²) in [5, 5.41) is 0. The largest absolute Gasteiger partial charge is 0.385 e. The highest BCUT2D eigenvalue weighted by Crippen LogP contribution is 2.23. The van der Waals surface area contributed by atoms with E-state index in [4.69, 9.17) is 10.6 Å². The number of hydrogen-bond acceptors (Lipinski definition) is 3. The first-order valence-electron chi connectivity index (χ1n) is 5.39. The molecule has 0 fully saturated rings. The molecule has 0 bridgehead atoms. The van der Waals surface area contributed by atoms with E-state index in [0.29, 0.717) is 12.5 Å². The minimum atomic E-state index is -0.232. The van der Waals surface area contributed by atoms with Gasteiger partial charge in [0.25, 0.3) is 0 Å². The van der Waals surface area contributed by atoms with Crippen molar-refractivity contribution in [1.82, 2.24) is 5.43 Å². The fourth-order valence-electron chi connectivity index (χ4n) is 1.73. The number of rotatable bonds is 6. The SMILES string of the molecule is COCCC(C)C(NN)c1ccc(F)cc1. The van der Waals surface area contributed by atoms with Crippen LogP contribution in [0.1, 0.15) is 24.9 Å². The first-order valence-corrected chi connectivity index (χ1v) is 5.39. The third-order valence-corrected chi connectivity index (χ3v) is 2.76. The smallest absolute Gasteiger partial charge is 0.123 e. The molecule has 4 heteroatoms. The van der Waals surface area contributed by atoms with Crippen molar-refractivity contribution in [2.24, 2.45) is 11.8 Å². The molecule has 0 aliphatic heterocycles. The van der Waals surface area contributed by atoms with Crippen molar-refractivity contribution >= 4 is 0 Å². The maximum Gasteiger partial charge on any atom is 0.123 e. The number of nitrogens with two attached hydrogens (primary N) is 1. The Morgan fingerprint density at radius 3 is 2.50 bits per heavy atom. The van der Waals surface area contributed by atoms with Gasteiger partial charge >= 0.3 is 0 Å². The lowest BCUT2D eigenvalue weighted by Gasteiger charge is -2.23. The Morgan fingerprint density at radius 2 is 2.00 bits per heavy atom. The van der Waals surface area contributed by atoms with Gasteiger partial charge in [-0.05, 0) is 30.0 Å². The van der Waals surface area contributed by atoms with Crippen LogP contribution in [0.2, 0.25) is 0 Å². The second-order valence-corrected chi connectivity index (χ2v) is 3.95. The Balaban J connectivity index is 2.69. The second kappa shape index (κ2) is 6.58. The normalized spacial score (nSPS) is 14.8. The van der Waals surface area contributed by atoms with Gasteiger partial charge < -0.3 is 4.74 Å². The van der Waals surface area contributed by atoms with Crippen LogP contribution in [0.15, 0.2) is 24.3 Å². The Labute approximate surface area is 95.8 Å². The van der Waals surface area contributed by atoms with Crippen LogP contribution in [0.5, 0.6) is 0 Å². The molecule has 0 saturated heterocycles. The van der Waals surface area contributed by atoms with Crippen LogP contribution in [0.4, 0.5) is 4.39 Å². The fourth-order valence-corrected chi connectivity index (χ4v) is 1.73. The predicted octanol–water partition coefficient (Wildman–Crippen LogP) is 2.00. The van der Waals surface area contributed by atoms with E-state index in [1.165, 1.54) is 12.1 Å². The van der Waals surface area contributed by atoms with Crippen molar-refractivity contribution in [1.29, 1.82) is 0 Å². The summed E-state index contributed by atoms with van der Waals surface area (Å²) in [6, 6.07) is 6.42. The number of halogens is 1. The van der Waals surface area contributed by atoms with Gasteiger partial charge in [-0.1, -0.05) is 19.1 Å². The van der Waals surface area contributed by atoms with Gasteiger partial charge in [0.05, 0.1) is 0 Å². The average Bonchev–Trinajstić information content (AvgIpc) is 2.30. The van der Waals surface area contributed by atoms with Gasteiger partial charge in [0.15, 0.2) is 0 Å². The number of hydrazine groups is 1. The molecule has 0 amide bonds. The van der Waals surface area contributed by atoms with E-state index in [1.54, 1.807) is 19.2 Å². The van der Waals surface area contributed by atoms with E-state index >= 15 is 0 Å². The number of benzene rings is 1. The third-order valence-electron chi connectivity index (χ3n) is 2.76. The van der Waals surface area contributed by atoms with Crippen LogP contribution < -0.4 is 11.3 Å². The van der Waals surface area contributed by atoms with Crippen LogP contribution in [0.3, 0.4) is 0 Å². The number of hydrogen-bond donors (Lipinski definition) is 2. The number of ether oxygens (including phenoxy) is 1. The van der Waals surface area contributed by atoms with Gasteiger partial charge in [-0.15, -0.1) is 0 Å². The first-order chi connectivity index (χ1) is 7.69.